The second-order valence-corrected chi connectivity index (χ2v) is 9.75. The summed E-state index contributed by atoms with van der Waals surface area (Å²) in [6, 6.07) is 9.63. The zero-order valence-corrected chi connectivity index (χ0v) is 20.6. The quantitative estimate of drug-likeness (QED) is 0.553. The highest BCUT2D eigenvalue weighted by Gasteiger charge is 2.51. The van der Waals surface area contributed by atoms with E-state index in [2.05, 4.69) is 0 Å². The minimum Gasteiger partial charge on any atom is -0.478 e. The number of halogens is 1. The number of benzene rings is 2. The predicted molar refractivity (Wildman–Crippen MR) is 127 cm³/mol. The molecule has 182 valence electrons. The number of carbonyl (C=O) groups is 3. The molecule has 0 bridgehead atoms. The monoisotopic (exact) mass is 470 g/mol. The lowest BCUT2D eigenvalue weighted by Gasteiger charge is -2.28. The number of carboxylic acids is 1. The molecule has 2 aromatic carbocycles. The molecule has 2 aromatic rings. The third-order valence-corrected chi connectivity index (χ3v) is 6.09. The summed E-state index contributed by atoms with van der Waals surface area (Å²) in [5.41, 5.74) is 0.622. The predicted octanol–water partition coefficient (Wildman–Crippen LogP) is 5.32. The van der Waals surface area contributed by atoms with Gasteiger partial charge in [0.1, 0.15) is 17.5 Å². The van der Waals surface area contributed by atoms with E-state index in [1.165, 1.54) is 30.6 Å². The van der Waals surface area contributed by atoms with E-state index in [4.69, 9.17) is 4.74 Å². The van der Waals surface area contributed by atoms with E-state index < -0.39 is 29.3 Å². The number of imide groups is 1. The molecular formula is C26H31FN2O5. The van der Waals surface area contributed by atoms with Gasteiger partial charge in [-0.15, -0.1) is 0 Å². The molecule has 1 aliphatic rings. The highest BCUT2D eigenvalue weighted by atomic mass is 19.1. The molecule has 0 aromatic heterocycles. The van der Waals surface area contributed by atoms with Crippen LogP contribution in [0.1, 0.15) is 63.0 Å². The van der Waals surface area contributed by atoms with Gasteiger partial charge in [-0.2, -0.15) is 0 Å². The number of aliphatic carboxylic acids is 1. The fraction of sp³-hybridized carbons (Fsp3) is 0.423. The van der Waals surface area contributed by atoms with Gasteiger partial charge in [0.2, 0.25) is 0 Å². The lowest BCUT2D eigenvalue weighted by molar-refractivity contribution is -0.152. The van der Waals surface area contributed by atoms with Crippen LogP contribution in [0.15, 0.2) is 36.4 Å². The van der Waals surface area contributed by atoms with Crippen LogP contribution in [0.25, 0.3) is 0 Å². The van der Waals surface area contributed by atoms with Gasteiger partial charge < -0.3 is 9.84 Å². The van der Waals surface area contributed by atoms with E-state index in [1.807, 2.05) is 0 Å². The molecule has 1 saturated heterocycles. The summed E-state index contributed by atoms with van der Waals surface area (Å²) in [4.78, 5) is 40.6. The van der Waals surface area contributed by atoms with Crippen molar-refractivity contribution in [1.29, 1.82) is 0 Å². The Kier molecular flexibility index (Phi) is 6.48. The van der Waals surface area contributed by atoms with Gasteiger partial charge in [-0.1, -0.05) is 24.3 Å². The van der Waals surface area contributed by atoms with E-state index in [0.29, 0.717) is 28.1 Å². The van der Waals surface area contributed by atoms with Crippen molar-refractivity contribution in [3.63, 3.8) is 0 Å². The summed E-state index contributed by atoms with van der Waals surface area (Å²) in [7, 11) is 0. The molecule has 1 fully saturated rings. The van der Waals surface area contributed by atoms with E-state index >= 15 is 0 Å². The number of rotatable bonds is 7. The second kappa shape index (κ2) is 8.74. The largest absolute Gasteiger partial charge is 0.478 e. The van der Waals surface area contributed by atoms with Gasteiger partial charge in [-0.05, 0) is 82.9 Å². The fourth-order valence-corrected chi connectivity index (χ4v) is 4.11. The number of anilines is 1. The fourth-order valence-electron chi connectivity index (χ4n) is 4.11. The number of hydrogen-bond donors (Lipinski definition) is 1. The number of hydrogen-bond acceptors (Lipinski definition) is 4. The molecule has 3 rings (SSSR count). The summed E-state index contributed by atoms with van der Waals surface area (Å²) in [5, 5.41) is 9.37. The van der Waals surface area contributed by atoms with E-state index in [-0.39, 0.29) is 12.5 Å². The molecule has 34 heavy (non-hydrogen) atoms. The Hall–Kier alpha value is -3.42. The van der Waals surface area contributed by atoms with Crippen molar-refractivity contribution >= 4 is 23.6 Å². The topological polar surface area (TPSA) is 87.2 Å². The first-order valence-electron chi connectivity index (χ1n) is 11.1. The summed E-state index contributed by atoms with van der Waals surface area (Å²) < 4.78 is 19.3. The van der Waals surface area contributed by atoms with Crippen LogP contribution in [-0.4, -0.2) is 39.1 Å². The van der Waals surface area contributed by atoms with Crippen LogP contribution < -0.4 is 9.64 Å². The number of ether oxygens (including phenoxy) is 1. The molecule has 1 unspecified atom stereocenters. The molecule has 0 radical (unpaired) electrons. The van der Waals surface area contributed by atoms with Gasteiger partial charge in [0.25, 0.3) is 5.91 Å². The van der Waals surface area contributed by atoms with Crippen molar-refractivity contribution in [2.24, 2.45) is 0 Å². The second-order valence-electron chi connectivity index (χ2n) is 9.75. The normalized spacial score (nSPS) is 16.7. The van der Waals surface area contributed by atoms with Crippen LogP contribution in [0.2, 0.25) is 0 Å². The van der Waals surface area contributed by atoms with E-state index in [9.17, 15) is 23.9 Å². The van der Waals surface area contributed by atoms with Crippen molar-refractivity contribution in [2.45, 2.75) is 72.3 Å². The first-order valence-corrected chi connectivity index (χ1v) is 11.1. The minimum atomic E-state index is -1.40. The maximum Gasteiger partial charge on any atom is 0.347 e. The van der Waals surface area contributed by atoms with Gasteiger partial charge in [-0.25, -0.2) is 14.0 Å². The average Bonchev–Trinajstić information content (AvgIpc) is 2.90. The molecular weight excluding hydrogens is 439 g/mol. The molecule has 1 aliphatic heterocycles. The molecule has 7 nitrogen and oxygen atoms in total. The van der Waals surface area contributed by atoms with Gasteiger partial charge in [0.15, 0.2) is 5.60 Å². The Bertz CT molecular complexity index is 1120. The number of nitrogens with zero attached hydrogens (tertiary/aromatic N) is 2. The zero-order valence-electron chi connectivity index (χ0n) is 20.6. The Morgan fingerprint density at radius 3 is 2.12 bits per heavy atom. The standard InChI is InChI=1S/C26H31FN2O5/c1-15-12-18(13-16(2)21(15)34-26(6,7)23(31)32)14-28-22(30)25(4,5)29(24(28)33)20-10-8-19(9-11-20)17(3)27/h8-13,17H,14H2,1-7H3,(H,31,32). The first kappa shape index (κ1) is 25.2. The number of carbonyl (C=O) groups excluding carboxylic acids is 2. The van der Waals surface area contributed by atoms with Gasteiger partial charge in [-0.3, -0.25) is 14.6 Å². The van der Waals surface area contributed by atoms with Crippen LogP contribution in [-0.2, 0) is 16.1 Å². The van der Waals surface area contributed by atoms with Gasteiger partial charge >= 0.3 is 12.0 Å². The molecule has 1 heterocycles. The van der Waals surface area contributed by atoms with E-state index in [0.717, 1.165) is 5.56 Å². The lowest BCUT2D eigenvalue weighted by Crippen LogP contribution is -2.44. The zero-order chi connectivity index (χ0) is 25.6. The third kappa shape index (κ3) is 4.49. The molecule has 0 saturated carbocycles. The molecule has 0 aliphatic carbocycles. The Morgan fingerprint density at radius 1 is 1.12 bits per heavy atom. The Labute approximate surface area is 199 Å². The van der Waals surface area contributed by atoms with Crippen LogP contribution in [0.3, 0.4) is 0 Å². The van der Waals surface area contributed by atoms with Gasteiger partial charge in [0, 0.05) is 5.69 Å². The van der Waals surface area contributed by atoms with Crippen LogP contribution in [0, 0.1) is 13.8 Å². The van der Waals surface area contributed by atoms with Crippen molar-refractivity contribution < 1.29 is 28.6 Å². The molecule has 1 N–H and O–H groups in total. The molecule has 1 atom stereocenters. The Morgan fingerprint density at radius 2 is 1.65 bits per heavy atom. The summed E-state index contributed by atoms with van der Waals surface area (Å²) >= 11 is 0. The average molecular weight is 471 g/mol. The molecule has 8 heteroatoms. The minimum absolute atomic E-state index is 0.0570. The number of amides is 3. The molecule has 0 spiro atoms. The maximum atomic E-state index is 13.6. The summed E-state index contributed by atoms with van der Waals surface area (Å²) in [6.45, 7) is 11.4. The van der Waals surface area contributed by atoms with Crippen molar-refractivity contribution in [3.8, 4) is 5.75 Å². The highest BCUT2D eigenvalue weighted by Crippen LogP contribution is 2.36. The number of carboxylic acid groups (broad SMARTS) is 1. The van der Waals surface area contributed by atoms with E-state index in [1.54, 1.807) is 64.1 Å². The number of urea groups is 1. The third-order valence-electron chi connectivity index (χ3n) is 6.09. The van der Waals surface area contributed by atoms with Crippen molar-refractivity contribution in [3.05, 3.63) is 58.7 Å². The SMILES string of the molecule is Cc1cc(CN2C(=O)N(c3ccc(C(C)F)cc3)C(C)(C)C2=O)cc(C)c1OC(C)(C)C(=O)O. The van der Waals surface area contributed by atoms with Crippen LogP contribution >= 0.6 is 0 Å². The smallest absolute Gasteiger partial charge is 0.347 e. The van der Waals surface area contributed by atoms with Crippen LogP contribution in [0.4, 0.5) is 14.9 Å². The first-order chi connectivity index (χ1) is 15.7. The number of alkyl halides is 1. The summed E-state index contributed by atoms with van der Waals surface area (Å²) in [6.07, 6.45) is -1.13. The molecule has 3 amide bonds. The number of aryl methyl sites for hydroxylation is 2. The Balaban J connectivity index is 1.89. The van der Waals surface area contributed by atoms with Crippen molar-refractivity contribution in [2.75, 3.05) is 4.90 Å². The van der Waals surface area contributed by atoms with Crippen LogP contribution in [0.5, 0.6) is 5.75 Å². The summed E-state index contributed by atoms with van der Waals surface area (Å²) in [5.74, 6) is -0.970. The highest BCUT2D eigenvalue weighted by molar-refractivity contribution is 6.16. The van der Waals surface area contributed by atoms with Gasteiger partial charge in [0.05, 0.1) is 6.54 Å². The maximum absolute atomic E-state index is 13.6. The van der Waals surface area contributed by atoms with Crippen molar-refractivity contribution in [1.82, 2.24) is 4.90 Å². The lowest BCUT2D eigenvalue weighted by atomic mass is 10.0.